The summed E-state index contributed by atoms with van der Waals surface area (Å²) in [5, 5.41) is 6.82. The third kappa shape index (κ3) is 3.52. The summed E-state index contributed by atoms with van der Waals surface area (Å²) in [5.41, 5.74) is 3.17. The van der Waals surface area contributed by atoms with E-state index in [2.05, 4.69) is 27.6 Å². The van der Waals surface area contributed by atoms with E-state index in [-0.39, 0.29) is 12.3 Å². The van der Waals surface area contributed by atoms with Gasteiger partial charge >= 0.3 is 0 Å². The lowest BCUT2D eigenvalue weighted by atomic mass is 10.1. The third-order valence-corrected chi connectivity index (χ3v) is 5.39. The first-order valence-electron chi connectivity index (χ1n) is 9.00. The Kier molecular flexibility index (Phi) is 4.78. The minimum absolute atomic E-state index is 0.0825. The molecule has 1 saturated heterocycles. The van der Waals surface area contributed by atoms with Crippen molar-refractivity contribution in [1.29, 1.82) is 0 Å². The van der Waals surface area contributed by atoms with Crippen molar-refractivity contribution in [3.63, 3.8) is 0 Å². The Morgan fingerprint density at radius 1 is 1.42 bits per heavy atom. The Balaban J connectivity index is 1.55. The Morgan fingerprint density at radius 3 is 3.12 bits per heavy atom. The maximum atomic E-state index is 12.1. The van der Waals surface area contributed by atoms with E-state index in [9.17, 15) is 4.79 Å². The summed E-state index contributed by atoms with van der Waals surface area (Å²) in [6.07, 6.45) is 5.61. The molecular weight excluding hydrogens is 350 g/mol. The van der Waals surface area contributed by atoms with E-state index in [0.717, 1.165) is 29.8 Å². The van der Waals surface area contributed by atoms with E-state index in [1.807, 2.05) is 12.1 Å². The molecule has 2 N–H and O–H groups in total. The highest BCUT2D eigenvalue weighted by molar-refractivity contribution is 6.31. The minimum Gasteiger partial charge on any atom is -0.354 e. The van der Waals surface area contributed by atoms with Crippen molar-refractivity contribution < 1.29 is 4.79 Å². The molecule has 1 unspecified atom stereocenters. The quantitative estimate of drug-likeness (QED) is 0.863. The van der Waals surface area contributed by atoms with E-state index in [1.165, 1.54) is 19.4 Å². The number of hydrogen-bond donors (Lipinski definition) is 2. The molecule has 1 aromatic carbocycles. The van der Waals surface area contributed by atoms with E-state index in [0.29, 0.717) is 22.7 Å². The van der Waals surface area contributed by atoms with Crippen molar-refractivity contribution in [2.45, 2.75) is 31.7 Å². The smallest absolute Gasteiger partial charge is 0.228 e. The average Bonchev–Trinajstić information content (AvgIpc) is 2.95. The topological polar surface area (TPSA) is 70.2 Å². The molecule has 1 fully saturated rings. The van der Waals surface area contributed by atoms with Gasteiger partial charge in [-0.25, -0.2) is 9.97 Å². The van der Waals surface area contributed by atoms with Crippen LogP contribution in [0.1, 0.15) is 24.8 Å². The highest BCUT2D eigenvalue weighted by atomic mass is 35.5. The van der Waals surface area contributed by atoms with Crippen LogP contribution in [0.2, 0.25) is 5.02 Å². The fourth-order valence-electron chi connectivity index (χ4n) is 3.74. The van der Waals surface area contributed by atoms with Gasteiger partial charge < -0.3 is 15.5 Å². The van der Waals surface area contributed by atoms with Crippen LogP contribution in [0.15, 0.2) is 24.4 Å². The highest BCUT2D eigenvalue weighted by Crippen LogP contribution is 2.34. The van der Waals surface area contributed by atoms with Gasteiger partial charge in [0.1, 0.15) is 0 Å². The number of aromatic nitrogens is 2. The maximum Gasteiger partial charge on any atom is 0.228 e. The van der Waals surface area contributed by atoms with Crippen molar-refractivity contribution in [3.8, 4) is 11.3 Å². The second-order valence-electron chi connectivity index (χ2n) is 6.97. The van der Waals surface area contributed by atoms with E-state index >= 15 is 0 Å². The van der Waals surface area contributed by atoms with Crippen LogP contribution in [0.4, 0.5) is 11.6 Å². The second kappa shape index (κ2) is 7.21. The number of fused-ring (bicyclic) bond motifs is 3. The number of amides is 1. The molecule has 0 bridgehead atoms. The lowest BCUT2D eigenvalue weighted by Gasteiger charge is -2.19. The molecule has 6 nitrogen and oxygen atoms in total. The van der Waals surface area contributed by atoms with Crippen LogP contribution >= 0.6 is 11.6 Å². The van der Waals surface area contributed by atoms with Crippen LogP contribution in [-0.2, 0) is 11.2 Å². The fraction of sp³-hybridized carbons (Fsp3) is 0.421. The number of carbonyl (C=O) groups is 1. The van der Waals surface area contributed by atoms with Crippen LogP contribution in [0, 0.1) is 0 Å². The molecule has 4 rings (SSSR count). The standard InChI is InChI=1S/C19H22ClN5O/c1-25-8-2-3-14(25)6-7-21-19-22-11-12-9-17(26)23-16-10-13(20)4-5-15(16)18(12)24-19/h4-5,10-11,14H,2-3,6-9H2,1H3,(H,23,26)(H,21,22,24). The number of anilines is 2. The second-order valence-corrected chi connectivity index (χ2v) is 7.41. The summed E-state index contributed by atoms with van der Waals surface area (Å²) >= 11 is 6.08. The Labute approximate surface area is 158 Å². The van der Waals surface area contributed by atoms with Gasteiger partial charge in [0.05, 0.1) is 17.8 Å². The van der Waals surface area contributed by atoms with Gasteiger partial charge in [0.15, 0.2) is 0 Å². The van der Waals surface area contributed by atoms with E-state index in [1.54, 1.807) is 12.3 Å². The zero-order valence-electron chi connectivity index (χ0n) is 14.8. The molecule has 0 saturated carbocycles. The van der Waals surface area contributed by atoms with Gasteiger partial charge in [-0.15, -0.1) is 0 Å². The molecule has 2 aliphatic heterocycles. The predicted molar refractivity (Wildman–Crippen MR) is 104 cm³/mol. The van der Waals surface area contributed by atoms with Gasteiger partial charge in [0, 0.05) is 34.9 Å². The highest BCUT2D eigenvalue weighted by Gasteiger charge is 2.22. The number of nitrogens with zero attached hydrogens (tertiary/aromatic N) is 3. The summed E-state index contributed by atoms with van der Waals surface area (Å²) in [7, 11) is 2.18. The summed E-state index contributed by atoms with van der Waals surface area (Å²) < 4.78 is 0. The lowest BCUT2D eigenvalue weighted by Crippen LogP contribution is -2.27. The Hall–Kier alpha value is -2.18. The lowest BCUT2D eigenvalue weighted by molar-refractivity contribution is -0.115. The molecule has 0 aliphatic carbocycles. The number of benzene rings is 1. The maximum absolute atomic E-state index is 12.1. The van der Waals surface area contributed by atoms with Crippen LogP contribution < -0.4 is 10.6 Å². The molecule has 3 heterocycles. The number of carbonyl (C=O) groups excluding carboxylic acids is 1. The van der Waals surface area contributed by atoms with Crippen LogP contribution in [-0.4, -0.2) is 47.0 Å². The number of halogens is 1. The number of likely N-dealkylation sites (tertiary alicyclic amines) is 1. The summed E-state index contributed by atoms with van der Waals surface area (Å²) in [5.74, 6) is 0.514. The van der Waals surface area contributed by atoms with Gasteiger partial charge in [-0.3, -0.25) is 4.79 Å². The molecule has 1 atom stereocenters. The first-order valence-corrected chi connectivity index (χ1v) is 9.38. The van der Waals surface area contributed by atoms with Crippen molar-refractivity contribution in [2.75, 3.05) is 30.8 Å². The van der Waals surface area contributed by atoms with Crippen molar-refractivity contribution >= 4 is 29.1 Å². The molecule has 1 aromatic heterocycles. The zero-order valence-corrected chi connectivity index (χ0v) is 15.5. The fourth-order valence-corrected chi connectivity index (χ4v) is 3.91. The van der Waals surface area contributed by atoms with Crippen LogP contribution in [0.25, 0.3) is 11.3 Å². The predicted octanol–water partition coefficient (Wildman–Crippen LogP) is 3.19. The average molecular weight is 372 g/mol. The van der Waals surface area contributed by atoms with Gasteiger partial charge in [-0.05, 0) is 51.1 Å². The van der Waals surface area contributed by atoms with Gasteiger partial charge in [-0.2, -0.15) is 0 Å². The van der Waals surface area contributed by atoms with Crippen LogP contribution in [0.3, 0.4) is 0 Å². The monoisotopic (exact) mass is 371 g/mol. The normalized spacial score (nSPS) is 19.5. The number of hydrogen-bond acceptors (Lipinski definition) is 5. The van der Waals surface area contributed by atoms with Gasteiger partial charge in [0.25, 0.3) is 0 Å². The summed E-state index contributed by atoms with van der Waals surface area (Å²) in [4.78, 5) is 23.6. The Morgan fingerprint density at radius 2 is 2.31 bits per heavy atom. The Bertz CT molecular complexity index is 841. The molecule has 26 heavy (non-hydrogen) atoms. The first kappa shape index (κ1) is 17.2. The first-order chi connectivity index (χ1) is 12.6. The van der Waals surface area contributed by atoms with E-state index < -0.39 is 0 Å². The van der Waals surface area contributed by atoms with Crippen LogP contribution in [0.5, 0.6) is 0 Å². The van der Waals surface area contributed by atoms with Crippen molar-refractivity contribution in [3.05, 3.63) is 35.0 Å². The third-order valence-electron chi connectivity index (χ3n) is 5.16. The van der Waals surface area contributed by atoms with Gasteiger partial charge in [-0.1, -0.05) is 11.6 Å². The molecule has 2 aliphatic rings. The van der Waals surface area contributed by atoms with E-state index in [4.69, 9.17) is 16.6 Å². The number of rotatable bonds is 4. The number of nitrogens with one attached hydrogen (secondary N) is 2. The molecular formula is C19H22ClN5O. The molecule has 136 valence electrons. The van der Waals surface area contributed by atoms with Gasteiger partial charge in [0.2, 0.25) is 11.9 Å². The SMILES string of the molecule is CN1CCCC1CCNc1ncc2c(n1)-c1ccc(Cl)cc1NC(=O)C2. The van der Waals surface area contributed by atoms with Crippen molar-refractivity contribution in [1.82, 2.24) is 14.9 Å². The molecule has 0 spiro atoms. The molecule has 1 amide bonds. The molecule has 7 heteroatoms. The largest absolute Gasteiger partial charge is 0.354 e. The summed E-state index contributed by atoms with van der Waals surface area (Å²) in [6, 6.07) is 6.10. The molecule has 0 radical (unpaired) electrons. The minimum atomic E-state index is -0.0825. The summed E-state index contributed by atoms with van der Waals surface area (Å²) in [6.45, 7) is 2.01. The zero-order chi connectivity index (χ0) is 18.1. The van der Waals surface area contributed by atoms with Crippen molar-refractivity contribution in [2.24, 2.45) is 0 Å². The molecule has 2 aromatic rings.